The van der Waals surface area contributed by atoms with Crippen LogP contribution in [-0.4, -0.2) is 52.9 Å². The molecular formula is C28H31N5O3. The quantitative estimate of drug-likeness (QED) is 0.417. The van der Waals surface area contributed by atoms with Crippen molar-refractivity contribution >= 4 is 16.9 Å². The lowest BCUT2D eigenvalue weighted by atomic mass is 10.0. The number of hydrogen-bond acceptors (Lipinski definition) is 6. The number of carbonyl (C=O) groups is 1. The maximum atomic E-state index is 13.5. The highest BCUT2D eigenvalue weighted by Gasteiger charge is 2.20. The van der Waals surface area contributed by atoms with E-state index in [9.17, 15) is 4.79 Å². The highest BCUT2D eigenvalue weighted by Crippen LogP contribution is 2.35. The molecule has 2 aromatic carbocycles. The van der Waals surface area contributed by atoms with Crippen LogP contribution >= 0.6 is 0 Å². The molecule has 1 amide bonds. The van der Waals surface area contributed by atoms with Crippen LogP contribution in [0, 0.1) is 0 Å². The van der Waals surface area contributed by atoms with Crippen LogP contribution < -0.4 is 14.8 Å². The number of carbonyl (C=O) groups excluding carboxylic acids is 1. The third kappa shape index (κ3) is 4.77. The Morgan fingerprint density at radius 1 is 1.06 bits per heavy atom. The number of nitrogens with zero attached hydrogens (tertiary/aromatic N) is 4. The van der Waals surface area contributed by atoms with Gasteiger partial charge in [-0.2, -0.15) is 5.10 Å². The number of fused-ring (bicyclic) bond motifs is 2. The van der Waals surface area contributed by atoms with Gasteiger partial charge in [0.25, 0.3) is 5.91 Å². The van der Waals surface area contributed by atoms with Crippen LogP contribution in [0.3, 0.4) is 0 Å². The van der Waals surface area contributed by atoms with Gasteiger partial charge in [-0.25, -0.2) is 9.67 Å². The molecule has 36 heavy (non-hydrogen) atoms. The van der Waals surface area contributed by atoms with Crippen molar-refractivity contribution in [1.29, 1.82) is 0 Å². The zero-order valence-electron chi connectivity index (χ0n) is 21.1. The van der Waals surface area contributed by atoms with Crippen molar-refractivity contribution in [2.45, 2.75) is 33.0 Å². The molecule has 0 atom stereocenters. The summed E-state index contributed by atoms with van der Waals surface area (Å²) >= 11 is 0. The van der Waals surface area contributed by atoms with Crippen molar-refractivity contribution < 1.29 is 14.3 Å². The minimum absolute atomic E-state index is 0.0966. The van der Waals surface area contributed by atoms with E-state index in [1.807, 2.05) is 69.0 Å². The summed E-state index contributed by atoms with van der Waals surface area (Å²) in [5.74, 6) is 1.23. The number of rotatable bonds is 7. The van der Waals surface area contributed by atoms with E-state index in [0.717, 1.165) is 23.1 Å². The van der Waals surface area contributed by atoms with E-state index in [1.165, 1.54) is 5.56 Å². The number of ether oxygens (including phenoxy) is 2. The highest BCUT2D eigenvalue weighted by atomic mass is 16.6. The fourth-order valence-electron chi connectivity index (χ4n) is 4.43. The van der Waals surface area contributed by atoms with Crippen LogP contribution in [0.5, 0.6) is 11.5 Å². The van der Waals surface area contributed by atoms with Crippen molar-refractivity contribution in [3.05, 3.63) is 71.4 Å². The van der Waals surface area contributed by atoms with Crippen molar-refractivity contribution in [3.8, 4) is 22.8 Å². The Kier molecular flexibility index (Phi) is 6.61. The van der Waals surface area contributed by atoms with E-state index in [2.05, 4.69) is 27.4 Å². The summed E-state index contributed by atoms with van der Waals surface area (Å²) in [6, 6.07) is 15.8. The summed E-state index contributed by atoms with van der Waals surface area (Å²) in [5.41, 5.74) is 5.03. The maximum absolute atomic E-state index is 13.5. The number of amides is 1. The molecule has 5 rings (SSSR count). The molecule has 0 saturated heterocycles. The molecule has 0 radical (unpaired) electrons. The van der Waals surface area contributed by atoms with Gasteiger partial charge in [0.05, 0.1) is 22.8 Å². The molecule has 186 valence electrons. The first-order valence-electron chi connectivity index (χ1n) is 12.2. The summed E-state index contributed by atoms with van der Waals surface area (Å²) < 4.78 is 13.3. The van der Waals surface area contributed by atoms with Gasteiger partial charge in [-0.05, 0) is 63.3 Å². The van der Waals surface area contributed by atoms with Gasteiger partial charge in [0, 0.05) is 24.7 Å². The molecule has 4 aromatic rings. The molecule has 3 heterocycles. The number of pyridine rings is 1. The SMILES string of the molecule is CC(C)n1ncc2c(C(=O)NCc3ccccc3CN(C)C)cc(-c3ccc4c(c3)OCCO4)nc21. The van der Waals surface area contributed by atoms with Gasteiger partial charge in [-0.15, -0.1) is 0 Å². The van der Waals surface area contributed by atoms with Gasteiger partial charge in [0.1, 0.15) is 13.2 Å². The molecule has 0 unspecified atom stereocenters. The second-order valence-electron chi connectivity index (χ2n) is 9.52. The first kappa shape index (κ1) is 23.8. The maximum Gasteiger partial charge on any atom is 0.252 e. The minimum atomic E-state index is -0.163. The summed E-state index contributed by atoms with van der Waals surface area (Å²) in [6.07, 6.45) is 1.73. The van der Waals surface area contributed by atoms with Crippen LogP contribution in [0.2, 0.25) is 0 Å². The predicted molar refractivity (Wildman–Crippen MR) is 139 cm³/mol. The zero-order chi connectivity index (χ0) is 25.2. The average Bonchev–Trinajstić information content (AvgIpc) is 3.31. The third-order valence-corrected chi connectivity index (χ3v) is 6.18. The van der Waals surface area contributed by atoms with Crippen LogP contribution in [-0.2, 0) is 13.1 Å². The summed E-state index contributed by atoms with van der Waals surface area (Å²) in [5, 5.41) is 8.38. The largest absolute Gasteiger partial charge is 0.486 e. The monoisotopic (exact) mass is 485 g/mol. The predicted octanol–water partition coefficient (Wildman–Crippen LogP) is 4.44. The summed E-state index contributed by atoms with van der Waals surface area (Å²) in [7, 11) is 4.07. The molecule has 1 N–H and O–H groups in total. The highest BCUT2D eigenvalue weighted by molar-refractivity contribution is 6.06. The Bertz CT molecular complexity index is 1410. The lowest BCUT2D eigenvalue weighted by molar-refractivity contribution is 0.0952. The molecule has 1 aliphatic heterocycles. The Balaban J connectivity index is 1.51. The van der Waals surface area contributed by atoms with E-state index in [1.54, 1.807) is 6.20 Å². The Morgan fingerprint density at radius 2 is 1.81 bits per heavy atom. The topological polar surface area (TPSA) is 81.5 Å². The smallest absolute Gasteiger partial charge is 0.252 e. The van der Waals surface area contributed by atoms with Gasteiger partial charge >= 0.3 is 0 Å². The van der Waals surface area contributed by atoms with Crippen molar-refractivity contribution in [3.63, 3.8) is 0 Å². The molecule has 8 heteroatoms. The van der Waals surface area contributed by atoms with Crippen LogP contribution in [0.15, 0.2) is 54.7 Å². The summed E-state index contributed by atoms with van der Waals surface area (Å²) in [4.78, 5) is 20.6. The molecule has 0 aliphatic carbocycles. The van der Waals surface area contributed by atoms with Gasteiger partial charge in [0.15, 0.2) is 17.1 Å². The van der Waals surface area contributed by atoms with Crippen LogP contribution in [0.4, 0.5) is 0 Å². The van der Waals surface area contributed by atoms with E-state index in [-0.39, 0.29) is 11.9 Å². The third-order valence-electron chi connectivity index (χ3n) is 6.18. The lowest BCUT2D eigenvalue weighted by Crippen LogP contribution is -2.24. The fraction of sp³-hybridized carbons (Fsp3) is 0.321. The van der Waals surface area contributed by atoms with Gasteiger partial charge < -0.3 is 19.7 Å². The first-order chi connectivity index (χ1) is 17.4. The Morgan fingerprint density at radius 3 is 2.56 bits per heavy atom. The number of aromatic nitrogens is 3. The first-order valence-corrected chi connectivity index (χ1v) is 12.2. The van der Waals surface area contributed by atoms with Crippen molar-refractivity contribution in [1.82, 2.24) is 25.0 Å². The number of benzene rings is 2. The molecule has 1 aliphatic rings. The van der Waals surface area contributed by atoms with E-state index >= 15 is 0 Å². The van der Waals surface area contributed by atoms with E-state index in [0.29, 0.717) is 48.2 Å². The molecule has 8 nitrogen and oxygen atoms in total. The normalized spacial score (nSPS) is 12.9. The molecule has 0 saturated carbocycles. The van der Waals surface area contributed by atoms with E-state index < -0.39 is 0 Å². The number of hydrogen-bond donors (Lipinski definition) is 1. The Labute approximate surface area is 210 Å². The molecule has 2 aromatic heterocycles. The lowest BCUT2D eigenvalue weighted by Gasteiger charge is -2.19. The molecule has 0 bridgehead atoms. The van der Waals surface area contributed by atoms with E-state index in [4.69, 9.17) is 14.5 Å². The van der Waals surface area contributed by atoms with Crippen molar-refractivity contribution in [2.75, 3.05) is 27.3 Å². The van der Waals surface area contributed by atoms with Crippen LogP contribution in [0.1, 0.15) is 41.4 Å². The average molecular weight is 486 g/mol. The number of nitrogens with one attached hydrogen (secondary N) is 1. The molecule has 0 spiro atoms. The second-order valence-corrected chi connectivity index (χ2v) is 9.52. The fourth-order valence-corrected chi connectivity index (χ4v) is 4.43. The van der Waals surface area contributed by atoms with Crippen LogP contribution in [0.25, 0.3) is 22.3 Å². The second kappa shape index (κ2) is 9.99. The zero-order valence-corrected chi connectivity index (χ0v) is 21.1. The Hall–Kier alpha value is -3.91. The van der Waals surface area contributed by atoms with Gasteiger partial charge in [0.2, 0.25) is 0 Å². The molecule has 0 fully saturated rings. The minimum Gasteiger partial charge on any atom is -0.486 e. The van der Waals surface area contributed by atoms with Crippen molar-refractivity contribution in [2.24, 2.45) is 0 Å². The standard InChI is InChI=1S/C28H31N5O3/c1-18(2)33-27-23(16-30-33)22(28(34)29-15-20-7-5-6-8-21(20)17-32(3)4)14-24(31-27)19-9-10-25-26(13-19)36-12-11-35-25/h5-10,13-14,16,18H,11-12,15,17H2,1-4H3,(H,29,34). The van der Waals surface area contributed by atoms with Gasteiger partial charge in [-0.1, -0.05) is 24.3 Å². The summed E-state index contributed by atoms with van der Waals surface area (Å²) in [6.45, 7) is 6.38. The molecular weight excluding hydrogens is 454 g/mol. The van der Waals surface area contributed by atoms with Gasteiger partial charge in [-0.3, -0.25) is 4.79 Å².